The molecule has 2 aromatic rings. The van der Waals surface area contributed by atoms with Crippen LogP contribution in [0.2, 0.25) is 0 Å². The second-order valence-corrected chi connectivity index (χ2v) is 29.8. The van der Waals surface area contributed by atoms with E-state index in [1.807, 2.05) is 29.2 Å². The summed E-state index contributed by atoms with van der Waals surface area (Å²) in [6.45, 7) is 54.0. The summed E-state index contributed by atoms with van der Waals surface area (Å²) in [4.78, 5) is 47.9. The molecule has 0 fully saturated rings. The number of cyclic esters (lactones) is 1. The molecule has 6 aliphatic rings. The van der Waals surface area contributed by atoms with E-state index in [-0.39, 0.29) is 61.4 Å². The Bertz CT molecular complexity index is 3180. The fourth-order valence-corrected chi connectivity index (χ4v) is 8.21. The van der Waals surface area contributed by atoms with Crippen LogP contribution in [0.1, 0.15) is 208 Å². The Morgan fingerprint density at radius 1 is 0.602 bits per heavy atom. The molecular formula is C76H105N9O3. The van der Waals surface area contributed by atoms with Crippen molar-refractivity contribution in [3.63, 3.8) is 0 Å². The molecule has 0 saturated heterocycles. The number of imidazole rings is 1. The number of amides is 1. The Labute approximate surface area is 533 Å². The molecule has 2 aromatic heterocycles. The maximum atomic E-state index is 11.3. The van der Waals surface area contributed by atoms with Crippen LogP contribution in [0.25, 0.3) is 0 Å². The Kier molecular flexibility index (Phi) is 29.4. The number of ether oxygens (including phenoxy) is 1. The van der Waals surface area contributed by atoms with Crippen molar-refractivity contribution in [2.75, 3.05) is 26.2 Å². The zero-order valence-corrected chi connectivity index (χ0v) is 58.1. The molecule has 472 valence electrons. The van der Waals surface area contributed by atoms with Crippen LogP contribution in [0.3, 0.4) is 0 Å². The summed E-state index contributed by atoms with van der Waals surface area (Å²) in [6.07, 6.45) is 51.2. The van der Waals surface area contributed by atoms with Crippen LogP contribution < -0.4 is 0 Å². The van der Waals surface area contributed by atoms with E-state index in [4.69, 9.17) is 43.3 Å². The van der Waals surface area contributed by atoms with E-state index in [0.29, 0.717) is 5.82 Å². The number of aliphatic imine (C=N–C) groups is 4. The van der Waals surface area contributed by atoms with Gasteiger partial charge in [0.15, 0.2) is 5.82 Å². The molecule has 0 spiro atoms. The van der Waals surface area contributed by atoms with E-state index in [0.717, 1.165) is 91.1 Å². The van der Waals surface area contributed by atoms with Gasteiger partial charge >= 0.3 is 5.97 Å². The van der Waals surface area contributed by atoms with Gasteiger partial charge in [-0.15, -0.1) is 38.5 Å². The van der Waals surface area contributed by atoms with Crippen molar-refractivity contribution >= 4 is 34.7 Å². The molecule has 88 heavy (non-hydrogen) atoms. The Hall–Kier alpha value is -8.16. The second kappa shape index (κ2) is 33.3. The van der Waals surface area contributed by atoms with Crippen molar-refractivity contribution < 1.29 is 14.3 Å². The summed E-state index contributed by atoms with van der Waals surface area (Å²) < 4.78 is 5.12. The van der Waals surface area contributed by atoms with E-state index < -0.39 is 0 Å². The van der Waals surface area contributed by atoms with Gasteiger partial charge in [-0.2, -0.15) is 5.10 Å². The van der Waals surface area contributed by atoms with Crippen LogP contribution in [-0.2, 0) is 25.2 Å². The predicted octanol–water partition coefficient (Wildman–Crippen LogP) is 15.4. The molecule has 12 nitrogen and oxygen atoms in total. The standard InChI is InChI=1S/4C10H13N.2C9H12N2.C9H15NO.C9H14O2/c1-5-9-6-8(7-11-9)10(2,3)4;2*1-5-9-8(6-7-11-9)10(2,3)4;1-5-8-6-7-9(11-8)10(2,3)4;1-5-8-10-6-7(11-8)9(2,3)4;1-5-7-6-8(11-10-7)9(2,3)4;1-9(2,3)10-7-5-4-6-8(10)11;1-9(2,3)7-5-4-6-8(10)11-7/h3*1,6H,7H2,2-4H3;1,7H,6H2,2-4H3;2*1,6H,2-4H3,(H,10,11);4,6H,5,7H2,1-3H3;4,6-7H,5H2,1-3H3. The highest BCUT2D eigenvalue weighted by Gasteiger charge is 2.30. The van der Waals surface area contributed by atoms with Crippen molar-refractivity contribution in [3.8, 4) is 74.1 Å². The summed E-state index contributed by atoms with van der Waals surface area (Å²) in [6, 6.07) is 1.90. The number of aromatic nitrogens is 4. The summed E-state index contributed by atoms with van der Waals surface area (Å²) in [7, 11) is 0. The highest BCUT2D eigenvalue weighted by molar-refractivity contribution is 6.15. The van der Waals surface area contributed by atoms with Crippen molar-refractivity contribution in [1.29, 1.82) is 0 Å². The van der Waals surface area contributed by atoms with Crippen LogP contribution in [0.4, 0.5) is 0 Å². The van der Waals surface area contributed by atoms with Gasteiger partial charge in [-0.1, -0.05) is 205 Å². The first-order valence-electron chi connectivity index (χ1n) is 30.1. The lowest BCUT2D eigenvalue weighted by molar-refractivity contribution is -0.149. The third-order valence-electron chi connectivity index (χ3n) is 13.7. The topological polar surface area (TPSA) is 153 Å². The van der Waals surface area contributed by atoms with Gasteiger partial charge in [-0.3, -0.25) is 24.9 Å². The van der Waals surface area contributed by atoms with Gasteiger partial charge in [0.05, 0.1) is 31.0 Å². The van der Waals surface area contributed by atoms with E-state index in [2.05, 4.69) is 260 Å². The second-order valence-electron chi connectivity index (χ2n) is 29.8. The third-order valence-corrected chi connectivity index (χ3v) is 13.7. The minimum absolute atomic E-state index is 0.0259. The molecule has 8 rings (SSSR count). The van der Waals surface area contributed by atoms with Gasteiger partial charge in [0.1, 0.15) is 28.9 Å². The number of carbonyl (C=O) groups is 2. The number of aromatic amines is 2. The van der Waals surface area contributed by atoms with Crippen LogP contribution in [0, 0.1) is 101 Å². The van der Waals surface area contributed by atoms with Crippen molar-refractivity contribution in [2.24, 2.45) is 47.0 Å². The number of carbonyl (C=O) groups excluding carboxylic acids is 2. The van der Waals surface area contributed by atoms with Gasteiger partial charge in [0.2, 0.25) is 5.91 Å². The summed E-state index contributed by atoms with van der Waals surface area (Å²) >= 11 is 0. The van der Waals surface area contributed by atoms with Gasteiger partial charge in [-0.05, 0) is 89.7 Å². The molecule has 0 bridgehead atoms. The fraction of sp³-hybridized carbons (Fsp3) is 0.526. The average molecular weight is 1190 g/mol. The number of allylic oxidation sites excluding steroid dienone is 5. The number of terminal acetylenes is 6. The molecule has 1 amide bonds. The third kappa shape index (κ3) is 27.7. The number of rotatable bonds is 0. The van der Waals surface area contributed by atoms with Gasteiger partial charge in [0.25, 0.3) is 0 Å². The first kappa shape index (κ1) is 77.9. The number of nitrogens with one attached hydrogen (secondary N) is 2. The van der Waals surface area contributed by atoms with Crippen molar-refractivity contribution in [3.05, 3.63) is 106 Å². The lowest BCUT2D eigenvalue weighted by Gasteiger charge is -2.36. The number of nitrogens with zero attached hydrogens (tertiary/aromatic N) is 7. The van der Waals surface area contributed by atoms with E-state index in [1.54, 1.807) is 12.3 Å². The highest BCUT2D eigenvalue weighted by Crippen LogP contribution is 2.32. The smallest absolute Gasteiger partial charge is 0.330 e. The number of H-pyrrole nitrogens is 2. The number of hydrogen-bond acceptors (Lipinski definition) is 9. The molecule has 12 heteroatoms. The van der Waals surface area contributed by atoms with Crippen molar-refractivity contribution in [1.82, 2.24) is 25.1 Å². The first-order valence-corrected chi connectivity index (χ1v) is 30.1. The van der Waals surface area contributed by atoms with E-state index >= 15 is 0 Å². The SMILES string of the molecule is C#CC1=NC(C(C)(C)C)=CC1.C#CC1=NCC(C(C)(C)C)=C1.C#CC1=NCC=C1C(C)(C)C.C#CC1=NCC=C1C(C)(C)C.C#Cc1cc(C(C)(C)C)n[nH]1.C#Cc1ncc(C(C)(C)C)[nH]1.CC(C)(C)C1CC=CC(=O)O1.CC(C)(C)N1CCC=CC1=O. The summed E-state index contributed by atoms with van der Waals surface area (Å²) in [5.41, 5.74) is 11.8. The van der Waals surface area contributed by atoms with Crippen LogP contribution in [-0.4, -0.2) is 97.6 Å². The van der Waals surface area contributed by atoms with E-state index in [9.17, 15) is 9.59 Å². The highest BCUT2D eigenvalue weighted by atomic mass is 16.5. The minimum atomic E-state index is -0.212. The molecule has 2 N–H and O–H groups in total. The van der Waals surface area contributed by atoms with Crippen LogP contribution >= 0.6 is 0 Å². The van der Waals surface area contributed by atoms with Gasteiger partial charge < -0.3 is 14.6 Å². The minimum Gasteiger partial charge on any atom is -0.458 e. The first-order chi connectivity index (χ1) is 40.3. The Morgan fingerprint density at radius 3 is 1.43 bits per heavy atom. The molecule has 1 unspecified atom stereocenters. The predicted molar refractivity (Wildman–Crippen MR) is 373 cm³/mol. The molecule has 6 aliphatic heterocycles. The lowest BCUT2D eigenvalue weighted by atomic mass is 9.84. The Morgan fingerprint density at radius 2 is 1.16 bits per heavy atom. The molecule has 8 heterocycles. The number of esters is 1. The largest absolute Gasteiger partial charge is 0.458 e. The zero-order valence-electron chi connectivity index (χ0n) is 58.1. The zero-order chi connectivity index (χ0) is 67.9. The normalized spacial score (nSPS) is 16.9. The van der Waals surface area contributed by atoms with Gasteiger partial charge in [0, 0.05) is 64.8 Å². The summed E-state index contributed by atoms with van der Waals surface area (Å²) in [5, 5.41) is 6.87. The lowest BCUT2D eigenvalue weighted by Crippen LogP contribution is -2.46. The molecule has 0 radical (unpaired) electrons. The van der Waals surface area contributed by atoms with E-state index in [1.165, 1.54) is 22.8 Å². The Balaban J connectivity index is 0.000000503. The van der Waals surface area contributed by atoms with Gasteiger partial charge in [-0.25, -0.2) is 14.8 Å². The quantitative estimate of drug-likeness (QED) is 0.199. The summed E-state index contributed by atoms with van der Waals surface area (Å²) in [5.74, 6) is 15.8. The molecule has 0 aromatic carbocycles. The van der Waals surface area contributed by atoms with Crippen LogP contribution in [0.5, 0.6) is 0 Å². The maximum absolute atomic E-state index is 11.3. The molecule has 0 aliphatic carbocycles. The number of hydrogen-bond donors (Lipinski definition) is 2. The average Bonchev–Trinajstić information content (AvgIpc) is 4.04. The monoisotopic (exact) mass is 1190 g/mol. The fourth-order valence-electron chi connectivity index (χ4n) is 8.21. The molecular weight excluding hydrogens is 1090 g/mol. The van der Waals surface area contributed by atoms with Crippen molar-refractivity contribution in [2.45, 2.75) is 208 Å². The molecule has 0 saturated carbocycles. The van der Waals surface area contributed by atoms with Crippen LogP contribution in [0.15, 0.2) is 103 Å². The molecule has 1 atom stereocenters. The maximum Gasteiger partial charge on any atom is 0.330 e.